The number of likely N-dealkylation sites (N-methyl/N-ethyl adjacent to an activating group) is 1. The summed E-state index contributed by atoms with van der Waals surface area (Å²) in [6.07, 6.45) is 0. The van der Waals surface area contributed by atoms with Crippen LogP contribution in [-0.2, 0) is 4.79 Å². The normalized spacial score (nSPS) is 12.3. The molecule has 21 heavy (non-hydrogen) atoms. The van der Waals surface area contributed by atoms with E-state index in [2.05, 4.69) is 4.98 Å². The second-order valence-corrected chi connectivity index (χ2v) is 4.84. The number of aromatic carboxylic acids is 1. The van der Waals surface area contributed by atoms with Crippen molar-refractivity contribution in [3.63, 3.8) is 0 Å². The maximum atomic E-state index is 12.3. The Labute approximate surface area is 120 Å². The molecule has 0 radical (unpaired) electrons. The maximum Gasteiger partial charge on any atom is 0.337 e. The van der Waals surface area contributed by atoms with Crippen molar-refractivity contribution in [2.75, 3.05) is 13.6 Å². The molecule has 0 bridgehead atoms. The van der Waals surface area contributed by atoms with Crippen LogP contribution in [0.15, 0.2) is 23.0 Å². The lowest BCUT2D eigenvalue weighted by atomic mass is 10.1. The van der Waals surface area contributed by atoms with Crippen LogP contribution >= 0.6 is 0 Å². The van der Waals surface area contributed by atoms with Gasteiger partial charge >= 0.3 is 11.7 Å². The quantitative estimate of drug-likeness (QED) is 0.880. The molecule has 112 valence electrons. The molecule has 7 heteroatoms. The third-order valence-electron chi connectivity index (χ3n) is 3.56. The predicted octanol–water partition coefficient (Wildman–Crippen LogP) is 1.07. The second kappa shape index (κ2) is 5.43. The molecule has 0 fully saturated rings. The Morgan fingerprint density at radius 1 is 1.43 bits per heavy atom. The van der Waals surface area contributed by atoms with E-state index in [9.17, 15) is 19.5 Å². The highest BCUT2D eigenvalue weighted by Crippen LogP contribution is 2.20. The van der Waals surface area contributed by atoms with E-state index >= 15 is 0 Å². The number of aromatic amines is 1. The molecule has 1 amide bonds. The van der Waals surface area contributed by atoms with Crippen molar-refractivity contribution in [1.82, 2.24) is 14.5 Å². The number of fused-ring (bicyclic) bond motifs is 1. The lowest BCUT2D eigenvalue weighted by Crippen LogP contribution is -2.36. The number of aromatic nitrogens is 2. The molecule has 2 N–H and O–H groups in total. The zero-order valence-electron chi connectivity index (χ0n) is 12.1. The van der Waals surface area contributed by atoms with E-state index in [1.54, 1.807) is 26.1 Å². The summed E-state index contributed by atoms with van der Waals surface area (Å²) < 4.78 is 1.20. The molecule has 1 aromatic heterocycles. The first-order valence-corrected chi connectivity index (χ1v) is 6.60. The topological polar surface area (TPSA) is 95.4 Å². The Morgan fingerprint density at radius 3 is 2.67 bits per heavy atom. The number of para-hydroxylation sites is 1. The van der Waals surface area contributed by atoms with Crippen LogP contribution in [0.3, 0.4) is 0 Å². The first kappa shape index (κ1) is 14.8. The number of carboxylic acid groups (broad SMARTS) is 1. The van der Waals surface area contributed by atoms with Crippen LogP contribution in [0.5, 0.6) is 0 Å². The summed E-state index contributed by atoms with van der Waals surface area (Å²) in [5, 5.41) is 9.27. The Hall–Kier alpha value is -2.57. The predicted molar refractivity (Wildman–Crippen MR) is 77.5 cm³/mol. The Kier molecular flexibility index (Phi) is 3.84. The number of imidazole rings is 1. The van der Waals surface area contributed by atoms with Crippen molar-refractivity contribution in [3.8, 4) is 0 Å². The van der Waals surface area contributed by atoms with Crippen molar-refractivity contribution in [2.45, 2.75) is 19.9 Å². The van der Waals surface area contributed by atoms with Crippen LogP contribution in [0.2, 0.25) is 0 Å². The zero-order chi connectivity index (χ0) is 15.7. The number of carbonyl (C=O) groups is 2. The number of carboxylic acids is 1. The number of hydrogen-bond donors (Lipinski definition) is 2. The standard InChI is InChI=1S/C14H17N3O4/c1-4-16(3)12(18)8(2)17-11-9(13(19)20)6-5-7-10(11)15-14(17)21/h5-8H,4H2,1-3H3,(H,15,21)(H,19,20). The number of carbonyl (C=O) groups excluding carboxylic acids is 1. The molecular formula is C14H17N3O4. The smallest absolute Gasteiger partial charge is 0.337 e. The zero-order valence-corrected chi connectivity index (χ0v) is 12.1. The molecule has 7 nitrogen and oxygen atoms in total. The average Bonchev–Trinajstić information content (AvgIpc) is 2.80. The fourth-order valence-electron chi connectivity index (χ4n) is 2.31. The number of amides is 1. The first-order chi connectivity index (χ1) is 9.88. The maximum absolute atomic E-state index is 12.3. The highest BCUT2D eigenvalue weighted by Gasteiger charge is 2.24. The third kappa shape index (κ3) is 2.42. The van der Waals surface area contributed by atoms with Gasteiger partial charge in [-0.1, -0.05) is 6.07 Å². The highest BCUT2D eigenvalue weighted by atomic mass is 16.4. The van der Waals surface area contributed by atoms with Gasteiger partial charge in [0.25, 0.3) is 0 Å². The molecule has 1 aromatic carbocycles. The molecule has 0 saturated carbocycles. The van der Waals surface area contributed by atoms with Gasteiger partial charge in [-0.05, 0) is 26.0 Å². The van der Waals surface area contributed by atoms with Gasteiger partial charge in [0.15, 0.2) is 0 Å². The highest BCUT2D eigenvalue weighted by molar-refractivity contribution is 6.01. The van der Waals surface area contributed by atoms with Crippen molar-refractivity contribution in [1.29, 1.82) is 0 Å². The van der Waals surface area contributed by atoms with E-state index in [1.807, 2.05) is 6.92 Å². The van der Waals surface area contributed by atoms with E-state index in [0.29, 0.717) is 12.1 Å². The van der Waals surface area contributed by atoms with Crippen molar-refractivity contribution in [2.24, 2.45) is 0 Å². The third-order valence-corrected chi connectivity index (χ3v) is 3.56. The fourth-order valence-corrected chi connectivity index (χ4v) is 2.31. The minimum Gasteiger partial charge on any atom is -0.478 e. The number of benzene rings is 1. The molecule has 1 atom stereocenters. The molecule has 2 rings (SSSR count). The van der Waals surface area contributed by atoms with Gasteiger partial charge in [-0.2, -0.15) is 0 Å². The molecule has 0 aliphatic rings. The van der Waals surface area contributed by atoms with Gasteiger partial charge in [0.2, 0.25) is 5.91 Å². The van der Waals surface area contributed by atoms with E-state index < -0.39 is 17.7 Å². The summed E-state index contributed by atoms with van der Waals surface area (Å²) in [5.74, 6) is -1.39. The minimum atomic E-state index is -1.14. The van der Waals surface area contributed by atoms with Crippen molar-refractivity contribution < 1.29 is 14.7 Å². The Morgan fingerprint density at radius 2 is 2.10 bits per heavy atom. The van der Waals surface area contributed by atoms with E-state index in [1.165, 1.54) is 15.5 Å². The van der Waals surface area contributed by atoms with Crippen LogP contribution in [0.1, 0.15) is 30.2 Å². The molecule has 0 aliphatic carbocycles. The molecule has 1 heterocycles. The summed E-state index contributed by atoms with van der Waals surface area (Å²) in [4.78, 5) is 39.8. The van der Waals surface area contributed by atoms with Crippen LogP contribution < -0.4 is 5.69 Å². The average molecular weight is 291 g/mol. The molecule has 2 aromatic rings. The van der Waals surface area contributed by atoms with E-state index in [0.717, 1.165) is 0 Å². The molecular weight excluding hydrogens is 274 g/mol. The number of nitrogens with one attached hydrogen (secondary N) is 1. The van der Waals surface area contributed by atoms with Gasteiger partial charge in [0, 0.05) is 13.6 Å². The summed E-state index contributed by atoms with van der Waals surface area (Å²) >= 11 is 0. The summed E-state index contributed by atoms with van der Waals surface area (Å²) in [7, 11) is 1.64. The van der Waals surface area contributed by atoms with Gasteiger partial charge in [-0.3, -0.25) is 9.36 Å². The minimum absolute atomic E-state index is 0.00958. The Balaban J connectivity index is 2.69. The SMILES string of the molecule is CCN(C)C(=O)C(C)n1c(=O)[nH]c2cccc(C(=O)O)c21. The van der Waals surface area contributed by atoms with Crippen molar-refractivity contribution >= 4 is 22.9 Å². The lowest BCUT2D eigenvalue weighted by Gasteiger charge is -2.20. The van der Waals surface area contributed by atoms with Crippen LogP contribution in [0, 0.1) is 0 Å². The largest absolute Gasteiger partial charge is 0.478 e. The van der Waals surface area contributed by atoms with Gasteiger partial charge in [0.05, 0.1) is 16.6 Å². The van der Waals surface area contributed by atoms with Crippen LogP contribution in [0.25, 0.3) is 11.0 Å². The molecule has 0 spiro atoms. The number of H-pyrrole nitrogens is 1. The summed E-state index contributed by atoms with van der Waals surface area (Å²) in [6.45, 7) is 3.92. The Bertz CT molecular complexity index is 759. The van der Waals surface area contributed by atoms with Gasteiger partial charge in [0.1, 0.15) is 6.04 Å². The number of nitrogens with zero attached hydrogens (tertiary/aromatic N) is 2. The first-order valence-electron chi connectivity index (χ1n) is 6.60. The molecule has 0 saturated heterocycles. The molecule has 0 aliphatic heterocycles. The van der Waals surface area contributed by atoms with Crippen molar-refractivity contribution in [3.05, 3.63) is 34.2 Å². The summed E-state index contributed by atoms with van der Waals surface area (Å²) in [5.41, 5.74) is 0.132. The van der Waals surface area contributed by atoms with Gasteiger partial charge < -0.3 is 15.0 Å². The van der Waals surface area contributed by atoms with E-state index in [-0.39, 0.29) is 17.0 Å². The number of hydrogen-bond acceptors (Lipinski definition) is 3. The van der Waals surface area contributed by atoms with Gasteiger partial charge in [-0.15, -0.1) is 0 Å². The fraction of sp³-hybridized carbons (Fsp3) is 0.357. The van der Waals surface area contributed by atoms with Crippen LogP contribution in [0.4, 0.5) is 0 Å². The number of rotatable bonds is 4. The monoisotopic (exact) mass is 291 g/mol. The van der Waals surface area contributed by atoms with Gasteiger partial charge in [-0.25, -0.2) is 9.59 Å². The van der Waals surface area contributed by atoms with E-state index in [4.69, 9.17) is 0 Å². The molecule has 1 unspecified atom stereocenters. The second-order valence-electron chi connectivity index (χ2n) is 4.84. The summed E-state index contributed by atoms with van der Waals surface area (Å²) in [6, 6.07) is 3.79. The lowest BCUT2D eigenvalue weighted by molar-refractivity contribution is -0.132. The van der Waals surface area contributed by atoms with Crippen LogP contribution in [-0.4, -0.2) is 45.0 Å².